The minimum Gasteiger partial charge on any atom is -0.497 e. The molecule has 7 heteroatoms. The second kappa shape index (κ2) is 7.12. The van der Waals surface area contributed by atoms with E-state index in [-0.39, 0.29) is 18.8 Å². The van der Waals surface area contributed by atoms with E-state index in [4.69, 9.17) is 9.47 Å². The fourth-order valence-corrected chi connectivity index (χ4v) is 3.40. The Bertz CT molecular complexity index is 959. The van der Waals surface area contributed by atoms with Crippen molar-refractivity contribution in [1.82, 2.24) is 10.3 Å². The number of aromatic nitrogens is 1. The lowest BCUT2D eigenvalue weighted by Crippen LogP contribution is -2.34. The van der Waals surface area contributed by atoms with Crippen molar-refractivity contribution in [2.45, 2.75) is 30.9 Å². The SMILES string of the molecule is COc1cccc([C@H]2OC(=O)N[C@@H]2c2cncc(C#CC3CC(F)(F)C3)c2)c1. The normalized spacial score (nSPS) is 23.0. The number of methoxy groups -OCH3 is 1. The molecule has 28 heavy (non-hydrogen) atoms. The Morgan fingerprint density at radius 2 is 2.07 bits per heavy atom. The van der Waals surface area contributed by atoms with Crippen LogP contribution in [0.5, 0.6) is 5.75 Å². The number of carbonyl (C=O) groups excluding carboxylic acids is 1. The Labute approximate surface area is 161 Å². The molecule has 5 nitrogen and oxygen atoms in total. The highest BCUT2D eigenvalue weighted by Gasteiger charge is 2.44. The topological polar surface area (TPSA) is 60.5 Å². The fraction of sp³-hybridized carbons (Fsp3) is 0.333. The summed E-state index contributed by atoms with van der Waals surface area (Å²) in [5, 5.41) is 2.79. The first-order valence-electron chi connectivity index (χ1n) is 8.89. The molecule has 1 N–H and O–H groups in total. The summed E-state index contributed by atoms with van der Waals surface area (Å²) in [5.41, 5.74) is 2.12. The number of carbonyl (C=O) groups is 1. The number of nitrogens with zero attached hydrogens (tertiary/aromatic N) is 1. The van der Waals surface area contributed by atoms with Gasteiger partial charge in [-0.2, -0.15) is 0 Å². The lowest BCUT2D eigenvalue weighted by molar-refractivity contribution is -0.0936. The molecule has 1 saturated heterocycles. The summed E-state index contributed by atoms with van der Waals surface area (Å²) in [6, 6.07) is 8.65. The number of nitrogens with one attached hydrogen (secondary N) is 1. The molecular weight excluding hydrogens is 366 g/mol. The van der Waals surface area contributed by atoms with Crippen LogP contribution in [0.1, 0.15) is 41.7 Å². The van der Waals surface area contributed by atoms with Crippen LogP contribution in [0.25, 0.3) is 0 Å². The summed E-state index contributed by atoms with van der Waals surface area (Å²) in [7, 11) is 1.57. The molecule has 0 spiro atoms. The standard InChI is InChI=1S/C21H18F2N2O3/c1-27-17-4-2-3-15(8-17)19-18(25-20(26)28-19)16-7-13(11-24-12-16)5-6-14-9-21(22,23)10-14/h2-4,7-8,11-12,14,18-19H,9-10H2,1H3,(H,25,26)/t18-,19-/m1/s1. The van der Waals surface area contributed by atoms with Gasteiger partial charge >= 0.3 is 6.09 Å². The van der Waals surface area contributed by atoms with Gasteiger partial charge in [-0.25, -0.2) is 13.6 Å². The molecule has 2 fully saturated rings. The highest BCUT2D eigenvalue weighted by atomic mass is 19.3. The van der Waals surface area contributed by atoms with Gasteiger partial charge in [-0.3, -0.25) is 4.98 Å². The Hall–Kier alpha value is -3.14. The maximum Gasteiger partial charge on any atom is 0.408 e. The quantitative estimate of drug-likeness (QED) is 0.813. The zero-order chi connectivity index (χ0) is 19.7. The third-order valence-corrected chi connectivity index (χ3v) is 4.86. The van der Waals surface area contributed by atoms with Crippen LogP contribution in [0.3, 0.4) is 0 Å². The van der Waals surface area contributed by atoms with Gasteiger partial charge in [0.1, 0.15) is 11.8 Å². The van der Waals surface area contributed by atoms with Gasteiger partial charge in [0.25, 0.3) is 5.92 Å². The first-order chi connectivity index (χ1) is 13.4. The summed E-state index contributed by atoms with van der Waals surface area (Å²) in [6.45, 7) is 0. The first-order valence-corrected chi connectivity index (χ1v) is 8.89. The molecule has 4 rings (SSSR count). The molecule has 1 amide bonds. The smallest absolute Gasteiger partial charge is 0.408 e. The summed E-state index contributed by atoms with van der Waals surface area (Å²) in [5.74, 6) is 3.56. The Kier molecular flexibility index (Phi) is 4.63. The van der Waals surface area contributed by atoms with E-state index in [1.807, 2.05) is 24.3 Å². The van der Waals surface area contributed by atoms with Crippen LogP contribution in [-0.2, 0) is 4.74 Å². The predicted octanol–water partition coefficient (Wildman–Crippen LogP) is 4.01. The molecule has 1 saturated carbocycles. The van der Waals surface area contributed by atoms with Crippen molar-refractivity contribution >= 4 is 6.09 Å². The van der Waals surface area contributed by atoms with E-state index < -0.39 is 24.2 Å². The fourth-order valence-electron chi connectivity index (χ4n) is 3.40. The zero-order valence-electron chi connectivity index (χ0n) is 15.1. The molecule has 2 aromatic rings. The average Bonchev–Trinajstić information content (AvgIpc) is 3.07. The van der Waals surface area contributed by atoms with Crippen molar-refractivity contribution in [1.29, 1.82) is 0 Å². The minimum atomic E-state index is -2.59. The molecule has 1 aromatic carbocycles. The highest BCUT2D eigenvalue weighted by Crippen LogP contribution is 2.42. The summed E-state index contributed by atoms with van der Waals surface area (Å²) >= 11 is 0. The third-order valence-electron chi connectivity index (χ3n) is 4.86. The van der Waals surface area contributed by atoms with E-state index in [1.54, 1.807) is 25.6 Å². The number of ether oxygens (including phenoxy) is 2. The zero-order valence-corrected chi connectivity index (χ0v) is 15.1. The second-order valence-electron chi connectivity index (χ2n) is 6.96. The molecule has 1 aliphatic carbocycles. The van der Waals surface area contributed by atoms with Gasteiger partial charge in [-0.1, -0.05) is 24.0 Å². The molecule has 2 aliphatic rings. The van der Waals surface area contributed by atoms with Gasteiger partial charge in [0.2, 0.25) is 0 Å². The number of pyridine rings is 1. The number of halogens is 2. The van der Waals surface area contributed by atoms with Crippen LogP contribution < -0.4 is 10.1 Å². The van der Waals surface area contributed by atoms with E-state index in [1.165, 1.54) is 0 Å². The van der Waals surface area contributed by atoms with Gasteiger partial charge in [0, 0.05) is 36.7 Å². The van der Waals surface area contributed by atoms with Crippen LogP contribution in [0.4, 0.5) is 13.6 Å². The number of rotatable bonds is 3. The molecule has 2 atom stereocenters. The van der Waals surface area contributed by atoms with Crippen molar-refractivity contribution in [2.75, 3.05) is 7.11 Å². The molecule has 1 aliphatic heterocycles. The number of alkyl carbamates (subject to hydrolysis) is 1. The molecule has 2 heterocycles. The molecule has 0 bridgehead atoms. The van der Waals surface area contributed by atoms with Crippen molar-refractivity contribution < 1.29 is 23.0 Å². The van der Waals surface area contributed by atoms with Gasteiger partial charge in [-0.05, 0) is 29.3 Å². The highest BCUT2D eigenvalue weighted by molar-refractivity contribution is 5.71. The van der Waals surface area contributed by atoms with Gasteiger partial charge < -0.3 is 14.8 Å². The summed E-state index contributed by atoms with van der Waals surface area (Å²) in [6.07, 6.45) is 1.75. The molecule has 0 unspecified atom stereocenters. The molecular formula is C21H18F2N2O3. The maximum atomic E-state index is 12.9. The van der Waals surface area contributed by atoms with Gasteiger partial charge in [0.05, 0.1) is 7.11 Å². The molecule has 0 radical (unpaired) electrons. The van der Waals surface area contributed by atoms with E-state index in [2.05, 4.69) is 22.1 Å². The van der Waals surface area contributed by atoms with Crippen LogP contribution >= 0.6 is 0 Å². The monoisotopic (exact) mass is 384 g/mol. The van der Waals surface area contributed by atoms with E-state index in [0.29, 0.717) is 11.3 Å². The summed E-state index contributed by atoms with van der Waals surface area (Å²) < 4.78 is 36.6. The Morgan fingerprint density at radius 1 is 1.25 bits per heavy atom. The van der Waals surface area contributed by atoms with Crippen molar-refractivity contribution in [3.05, 3.63) is 59.4 Å². The number of hydrogen-bond acceptors (Lipinski definition) is 4. The number of cyclic esters (lactones) is 1. The second-order valence-corrected chi connectivity index (χ2v) is 6.96. The predicted molar refractivity (Wildman–Crippen MR) is 96.9 cm³/mol. The van der Waals surface area contributed by atoms with Crippen LogP contribution in [0, 0.1) is 17.8 Å². The van der Waals surface area contributed by atoms with E-state index >= 15 is 0 Å². The van der Waals surface area contributed by atoms with E-state index in [9.17, 15) is 13.6 Å². The number of alkyl halides is 2. The van der Waals surface area contributed by atoms with E-state index in [0.717, 1.165) is 11.1 Å². The van der Waals surface area contributed by atoms with Crippen LogP contribution in [0.15, 0.2) is 42.7 Å². The average molecular weight is 384 g/mol. The van der Waals surface area contributed by atoms with Crippen LogP contribution in [0.2, 0.25) is 0 Å². The Balaban J connectivity index is 1.57. The van der Waals surface area contributed by atoms with Crippen molar-refractivity contribution in [3.63, 3.8) is 0 Å². The largest absolute Gasteiger partial charge is 0.497 e. The van der Waals surface area contributed by atoms with Gasteiger partial charge in [-0.15, -0.1) is 0 Å². The maximum absolute atomic E-state index is 12.9. The van der Waals surface area contributed by atoms with Crippen molar-refractivity contribution in [3.8, 4) is 17.6 Å². The molecule has 144 valence electrons. The lowest BCUT2D eigenvalue weighted by Gasteiger charge is -2.31. The van der Waals surface area contributed by atoms with Gasteiger partial charge in [0.15, 0.2) is 6.10 Å². The van der Waals surface area contributed by atoms with Crippen molar-refractivity contribution in [2.24, 2.45) is 5.92 Å². The third kappa shape index (κ3) is 3.77. The summed E-state index contributed by atoms with van der Waals surface area (Å²) in [4.78, 5) is 16.1. The number of amides is 1. The number of benzene rings is 1. The molecule has 1 aromatic heterocycles. The minimum absolute atomic E-state index is 0.197. The van der Waals surface area contributed by atoms with Crippen LogP contribution in [-0.4, -0.2) is 24.1 Å². The Morgan fingerprint density at radius 3 is 2.82 bits per heavy atom. The number of hydrogen-bond donors (Lipinski definition) is 1. The lowest BCUT2D eigenvalue weighted by atomic mass is 9.82. The first kappa shape index (κ1) is 18.2.